The molecule has 2 rings (SSSR count). The third kappa shape index (κ3) is 5.11. The third-order valence-corrected chi connectivity index (χ3v) is 4.24. The average Bonchev–Trinajstić information content (AvgIpc) is 2.85. The van der Waals surface area contributed by atoms with Gasteiger partial charge >= 0.3 is 0 Å². The predicted octanol–water partition coefficient (Wildman–Crippen LogP) is 1.92. The maximum atomic E-state index is 12.2. The average molecular weight is 304 g/mol. The molecular formula is C18H28N2O2. The molecule has 0 radical (unpaired) electrons. The summed E-state index contributed by atoms with van der Waals surface area (Å²) in [6.07, 6.45) is 4.24. The minimum absolute atomic E-state index is 0.183. The normalized spacial score (nSPS) is 21.5. The van der Waals surface area contributed by atoms with Gasteiger partial charge in [0.2, 0.25) is 5.91 Å². The van der Waals surface area contributed by atoms with Crippen LogP contribution in [0.3, 0.4) is 0 Å². The van der Waals surface area contributed by atoms with Crippen LogP contribution in [0.5, 0.6) is 0 Å². The van der Waals surface area contributed by atoms with Gasteiger partial charge < -0.3 is 14.9 Å². The monoisotopic (exact) mass is 304 g/mol. The topological polar surface area (TPSA) is 43.8 Å². The number of aryl methyl sites for hydroxylation is 1. The number of amides is 1. The van der Waals surface area contributed by atoms with Crippen molar-refractivity contribution in [3.8, 4) is 0 Å². The molecule has 1 atom stereocenters. The van der Waals surface area contributed by atoms with E-state index in [9.17, 15) is 9.90 Å². The number of carbonyl (C=O) groups excluding carboxylic acids is 1. The molecule has 1 N–H and O–H groups in total. The van der Waals surface area contributed by atoms with Gasteiger partial charge in [-0.2, -0.15) is 0 Å². The molecule has 4 heteroatoms. The van der Waals surface area contributed by atoms with E-state index in [2.05, 4.69) is 24.3 Å². The molecule has 1 aliphatic rings. The molecule has 0 aromatic heterocycles. The van der Waals surface area contributed by atoms with Gasteiger partial charge in [0.1, 0.15) is 0 Å². The van der Waals surface area contributed by atoms with Crippen molar-refractivity contribution in [3.63, 3.8) is 0 Å². The van der Waals surface area contributed by atoms with E-state index in [1.54, 1.807) is 0 Å². The number of nitrogens with zero attached hydrogens (tertiary/aromatic N) is 2. The fraction of sp³-hybridized carbons (Fsp3) is 0.611. The maximum Gasteiger partial charge on any atom is 0.222 e. The van der Waals surface area contributed by atoms with Crippen LogP contribution in [0.1, 0.15) is 31.2 Å². The van der Waals surface area contributed by atoms with Crippen LogP contribution in [0.2, 0.25) is 0 Å². The lowest BCUT2D eigenvalue weighted by molar-refractivity contribution is -0.131. The van der Waals surface area contributed by atoms with Crippen LogP contribution in [-0.2, 0) is 11.2 Å². The molecule has 1 amide bonds. The highest BCUT2D eigenvalue weighted by Gasteiger charge is 2.38. The van der Waals surface area contributed by atoms with Gasteiger partial charge in [0.05, 0.1) is 12.1 Å². The van der Waals surface area contributed by atoms with Gasteiger partial charge in [0.15, 0.2) is 0 Å². The summed E-state index contributed by atoms with van der Waals surface area (Å²) in [6.45, 7) is 1.77. The third-order valence-electron chi connectivity index (χ3n) is 4.24. The highest BCUT2D eigenvalue weighted by molar-refractivity contribution is 5.76. The van der Waals surface area contributed by atoms with E-state index in [0.29, 0.717) is 32.5 Å². The van der Waals surface area contributed by atoms with Crippen LogP contribution >= 0.6 is 0 Å². The van der Waals surface area contributed by atoms with E-state index in [-0.39, 0.29) is 5.91 Å². The van der Waals surface area contributed by atoms with Gasteiger partial charge in [-0.05, 0) is 45.3 Å². The first-order valence-electron chi connectivity index (χ1n) is 8.17. The van der Waals surface area contributed by atoms with Gasteiger partial charge in [0.25, 0.3) is 0 Å². The standard InChI is InChI=1S/C18H28N2O2/c1-19(2)14-18(22)12-13-20(15-18)17(21)11-7-6-10-16-8-4-3-5-9-16/h3-5,8-9,22H,6-7,10-15H2,1-2H3/t18-/m0/s1. The number of likely N-dealkylation sites (tertiary alicyclic amines) is 1. The summed E-state index contributed by atoms with van der Waals surface area (Å²) in [5.74, 6) is 0.183. The summed E-state index contributed by atoms with van der Waals surface area (Å²) in [7, 11) is 3.90. The molecule has 0 saturated carbocycles. The molecule has 1 saturated heterocycles. The van der Waals surface area contributed by atoms with E-state index < -0.39 is 5.60 Å². The van der Waals surface area contributed by atoms with E-state index in [4.69, 9.17) is 0 Å². The highest BCUT2D eigenvalue weighted by atomic mass is 16.3. The van der Waals surface area contributed by atoms with Gasteiger partial charge in [-0.3, -0.25) is 4.79 Å². The number of likely N-dealkylation sites (N-methyl/N-ethyl adjacent to an activating group) is 1. The van der Waals surface area contributed by atoms with Crippen LogP contribution in [-0.4, -0.2) is 60.1 Å². The second-order valence-electron chi connectivity index (χ2n) is 6.72. The highest BCUT2D eigenvalue weighted by Crippen LogP contribution is 2.23. The van der Waals surface area contributed by atoms with Crippen molar-refractivity contribution < 1.29 is 9.90 Å². The first-order valence-corrected chi connectivity index (χ1v) is 8.17. The van der Waals surface area contributed by atoms with Gasteiger partial charge in [-0.25, -0.2) is 0 Å². The van der Waals surface area contributed by atoms with E-state index in [0.717, 1.165) is 19.3 Å². The number of hydrogen-bond acceptors (Lipinski definition) is 3. The second-order valence-corrected chi connectivity index (χ2v) is 6.72. The van der Waals surface area contributed by atoms with Crippen molar-refractivity contribution in [1.29, 1.82) is 0 Å². The van der Waals surface area contributed by atoms with E-state index in [1.165, 1.54) is 5.56 Å². The number of hydrogen-bond donors (Lipinski definition) is 1. The molecule has 122 valence electrons. The van der Waals surface area contributed by atoms with Crippen LogP contribution in [0.25, 0.3) is 0 Å². The molecular weight excluding hydrogens is 276 g/mol. The fourth-order valence-corrected chi connectivity index (χ4v) is 3.20. The Morgan fingerprint density at radius 3 is 2.68 bits per heavy atom. The number of β-amino-alcohol motifs (C(OH)–C–C–N with tert-alkyl or cyclic N) is 1. The Morgan fingerprint density at radius 2 is 2.00 bits per heavy atom. The van der Waals surface area contributed by atoms with Crippen molar-refractivity contribution in [2.24, 2.45) is 0 Å². The Labute approximate surface area is 133 Å². The summed E-state index contributed by atoms with van der Waals surface area (Å²) in [5, 5.41) is 10.5. The second kappa shape index (κ2) is 7.75. The smallest absolute Gasteiger partial charge is 0.222 e. The van der Waals surface area contributed by atoms with Gasteiger partial charge in [-0.15, -0.1) is 0 Å². The molecule has 4 nitrogen and oxygen atoms in total. The summed E-state index contributed by atoms with van der Waals surface area (Å²) in [4.78, 5) is 16.0. The maximum absolute atomic E-state index is 12.2. The summed E-state index contributed by atoms with van der Waals surface area (Å²) >= 11 is 0. The van der Waals surface area contributed by atoms with Crippen LogP contribution in [0.4, 0.5) is 0 Å². The molecule has 0 bridgehead atoms. The molecule has 1 aliphatic heterocycles. The van der Waals surface area contributed by atoms with Crippen molar-refractivity contribution in [1.82, 2.24) is 9.80 Å². The van der Waals surface area contributed by atoms with Crippen LogP contribution in [0, 0.1) is 0 Å². The van der Waals surface area contributed by atoms with Crippen molar-refractivity contribution in [2.45, 2.75) is 37.7 Å². The minimum atomic E-state index is -0.733. The van der Waals surface area contributed by atoms with E-state index >= 15 is 0 Å². The zero-order valence-electron chi connectivity index (χ0n) is 13.8. The molecule has 0 spiro atoms. The summed E-state index contributed by atoms with van der Waals surface area (Å²) in [6, 6.07) is 10.4. The molecule has 1 aromatic rings. The first kappa shape index (κ1) is 17.0. The Kier molecular flexibility index (Phi) is 5.98. The number of benzene rings is 1. The largest absolute Gasteiger partial charge is 0.387 e. The summed E-state index contributed by atoms with van der Waals surface area (Å²) < 4.78 is 0. The molecule has 1 fully saturated rings. The molecule has 1 heterocycles. The number of rotatable bonds is 7. The molecule has 22 heavy (non-hydrogen) atoms. The summed E-state index contributed by atoms with van der Waals surface area (Å²) in [5.41, 5.74) is 0.597. The first-order chi connectivity index (χ1) is 10.5. The predicted molar refractivity (Wildman–Crippen MR) is 88.7 cm³/mol. The fourth-order valence-electron chi connectivity index (χ4n) is 3.20. The van der Waals surface area contributed by atoms with Crippen molar-refractivity contribution in [2.75, 3.05) is 33.7 Å². The molecule has 0 aliphatic carbocycles. The number of aliphatic hydroxyl groups is 1. The Balaban J connectivity index is 1.68. The lowest BCUT2D eigenvalue weighted by Gasteiger charge is -2.26. The molecule has 1 aromatic carbocycles. The zero-order chi connectivity index (χ0) is 16.0. The molecule has 0 unspecified atom stereocenters. The minimum Gasteiger partial charge on any atom is -0.387 e. The van der Waals surface area contributed by atoms with Crippen molar-refractivity contribution >= 4 is 5.91 Å². The van der Waals surface area contributed by atoms with Crippen LogP contribution in [0.15, 0.2) is 30.3 Å². The Hall–Kier alpha value is -1.39. The van der Waals surface area contributed by atoms with Crippen molar-refractivity contribution in [3.05, 3.63) is 35.9 Å². The lowest BCUT2D eigenvalue weighted by Crippen LogP contribution is -2.43. The van der Waals surface area contributed by atoms with Gasteiger partial charge in [-0.1, -0.05) is 30.3 Å². The Morgan fingerprint density at radius 1 is 1.27 bits per heavy atom. The number of carbonyl (C=O) groups is 1. The lowest BCUT2D eigenvalue weighted by atomic mass is 10.0. The van der Waals surface area contributed by atoms with E-state index in [1.807, 2.05) is 30.0 Å². The quantitative estimate of drug-likeness (QED) is 0.783. The zero-order valence-corrected chi connectivity index (χ0v) is 13.8. The van der Waals surface area contributed by atoms with Gasteiger partial charge in [0, 0.05) is 19.5 Å². The Bertz CT molecular complexity index is 475. The SMILES string of the molecule is CN(C)C[C@@]1(O)CCN(C(=O)CCCCc2ccccc2)C1. The van der Waals surface area contributed by atoms with Crippen LogP contribution < -0.4 is 0 Å². The number of unbranched alkanes of at least 4 members (excludes halogenated alkanes) is 1.